The highest BCUT2D eigenvalue weighted by Gasteiger charge is 1.95. The number of nitrogen functional groups attached to an aromatic ring is 1. The lowest BCUT2D eigenvalue weighted by molar-refractivity contribution is 0.370. The zero-order chi connectivity index (χ0) is 8.27. The first kappa shape index (κ1) is 8.00. The average Bonchev–Trinajstić information content (AvgIpc) is 2.31. The van der Waals surface area contributed by atoms with E-state index in [1.807, 2.05) is 14.1 Å². The van der Waals surface area contributed by atoms with Gasteiger partial charge in [0.15, 0.2) is 5.82 Å². The van der Waals surface area contributed by atoms with E-state index in [1.54, 1.807) is 10.9 Å². The van der Waals surface area contributed by atoms with Crippen LogP contribution >= 0.6 is 0 Å². The molecule has 1 heterocycles. The minimum Gasteiger partial charge on any atom is -0.381 e. The van der Waals surface area contributed by atoms with Crippen LogP contribution in [0, 0.1) is 0 Å². The molecular formula is C6H13N5. The second kappa shape index (κ2) is 3.34. The van der Waals surface area contributed by atoms with Crippen LogP contribution in [0.15, 0.2) is 6.20 Å². The Morgan fingerprint density at radius 3 is 2.82 bits per heavy atom. The van der Waals surface area contributed by atoms with Crippen LogP contribution in [0.25, 0.3) is 0 Å². The van der Waals surface area contributed by atoms with Gasteiger partial charge in [0.05, 0.1) is 12.7 Å². The molecule has 5 nitrogen and oxygen atoms in total. The average molecular weight is 155 g/mol. The Kier molecular flexibility index (Phi) is 2.43. The Hall–Kier alpha value is -1.10. The van der Waals surface area contributed by atoms with Crippen molar-refractivity contribution in [3.05, 3.63) is 6.20 Å². The molecule has 62 valence electrons. The van der Waals surface area contributed by atoms with Crippen molar-refractivity contribution in [3.8, 4) is 0 Å². The van der Waals surface area contributed by atoms with Crippen molar-refractivity contribution < 1.29 is 0 Å². The first-order valence-electron chi connectivity index (χ1n) is 3.49. The maximum absolute atomic E-state index is 5.38. The van der Waals surface area contributed by atoms with Crippen molar-refractivity contribution in [2.24, 2.45) is 0 Å². The zero-order valence-electron chi connectivity index (χ0n) is 6.86. The predicted molar refractivity (Wildman–Crippen MR) is 43.0 cm³/mol. The van der Waals surface area contributed by atoms with Gasteiger partial charge in [-0.25, -0.2) is 4.68 Å². The molecule has 0 saturated carbocycles. The molecule has 0 radical (unpaired) electrons. The second-order valence-corrected chi connectivity index (χ2v) is 2.71. The molecule has 0 spiro atoms. The van der Waals surface area contributed by atoms with Crippen LogP contribution in [0.4, 0.5) is 5.82 Å². The largest absolute Gasteiger partial charge is 0.381 e. The normalized spacial score (nSPS) is 10.8. The van der Waals surface area contributed by atoms with Crippen LogP contribution in [0.1, 0.15) is 0 Å². The smallest absolute Gasteiger partial charge is 0.165 e. The summed E-state index contributed by atoms with van der Waals surface area (Å²) in [4.78, 5) is 2.08. The van der Waals surface area contributed by atoms with Gasteiger partial charge in [0, 0.05) is 6.54 Å². The third-order valence-corrected chi connectivity index (χ3v) is 1.33. The molecule has 0 aromatic carbocycles. The molecule has 0 bridgehead atoms. The minimum absolute atomic E-state index is 0.476. The van der Waals surface area contributed by atoms with Crippen LogP contribution in [0.3, 0.4) is 0 Å². The summed E-state index contributed by atoms with van der Waals surface area (Å²) in [5.41, 5.74) is 5.38. The number of nitrogens with zero attached hydrogens (tertiary/aromatic N) is 4. The van der Waals surface area contributed by atoms with E-state index in [1.165, 1.54) is 0 Å². The molecule has 1 aromatic heterocycles. The fourth-order valence-electron chi connectivity index (χ4n) is 0.725. The molecule has 0 saturated heterocycles. The summed E-state index contributed by atoms with van der Waals surface area (Å²) in [5.74, 6) is 0.476. The van der Waals surface area contributed by atoms with Crippen LogP contribution in [-0.2, 0) is 6.54 Å². The summed E-state index contributed by atoms with van der Waals surface area (Å²) in [6.45, 7) is 1.78. The molecule has 1 aromatic rings. The first-order chi connectivity index (χ1) is 5.18. The molecular weight excluding hydrogens is 142 g/mol. The predicted octanol–water partition coefficient (Wildman–Crippen LogP) is -0.578. The van der Waals surface area contributed by atoms with Crippen molar-refractivity contribution in [2.45, 2.75) is 6.54 Å². The minimum atomic E-state index is 0.476. The number of nitrogens with two attached hydrogens (primary N) is 1. The van der Waals surface area contributed by atoms with Crippen molar-refractivity contribution in [2.75, 3.05) is 26.4 Å². The summed E-state index contributed by atoms with van der Waals surface area (Å²) in [6, 6.07) is 0. The van der Waals surface area contributed by atoms with E-state index in [-0.39, 0.29) is 0 Å². The zero-order valence-corrected chi connectivity index (χ0v) is 6.86. The van der Waals surface area contributed by atoms with Crippen LogP contribution in [-0.4, -0.2) is 40.5 Å². The molecule has 0 amide bonds. The number of likely N-dealkylation sites (N-methyl/N-ethyl adjacent to an activating group) is 1. The maximum Gasteiger partial charge on any atom is 0.165 e. The Labute approximate surface area is 65.8 Å². The van der Waals surface area contributed by atoms with Gasteiger partial charge in [-0.1, -0.05) is 5.21 Å². The SMILES string of the molecule is CN(C)CCn1cc(N)nn1. The van der Waals surface area contributed by atoms with Gasteiger partial charge in [0.2, 0.25) is 0 Å². The highest BCUT2D eigenvalue weighted by molar-refractivity contribution is 5.19. The van der Waals surface area contributed by atoms with E-state index in [4.69, 9.17) is 5.73 Å². The molecule has 1 rings (SSSR count). The Morgan fingerprint density at radius 2 is 2.36 bits per heavy atom. The van der Waals surface area contributed by atoms with Gasteiger partial charge >= 0.3 is 0 Å². The van der Waals surface area contributed by atoms with Crippen LogP contribution in [0.2, 0.25) is 0 Å². The van der Waals surface area contributed by atoms with Crippen LogP contribution in [0.5, 0.6) is 0 Å². The molecule has 11 heavy (non-hydrogen) atoms. The highest BCUT2D eigenvalue weighted by atomic mass is 15.4. The lowest BCUT2D eigenvalue weighted by Crippen LogP contribution is -2.18. The standard InChI is InChI=1S/C6H13N5/c1-10(2)3-4-11-5-6(7)8-9-11/h5H,3-4,7H2,1-2H3. The molecule has 5 heteroatoms. The van der Waals surface area contributed by atoms with Crippen LogP contribution < -0.4 is 5.73 Å². The second-order valence-electron chi connectivity index (χ2n) is 2.71. The summed E-state index contributed by atoms with van der Waals surface area (Å²) < 4.78 is 1.73. The van der Waals surface area contributed by atoms with Crippen molar-refractivity contribution in [1.29, 1.82) is 0 Å². The molecule has 0 fully saturated rings. The van der Waals surface area contributed by atoms with Gasteiger partial charge in [0.25, 0.3) is 0 Å². The summed E-state index contributed by atoms with van der Waals surface area (Å²) >= 11 is 0. The number of aromatic nitrogens is 3. The van der Waals surface area contributed by atoms with E-state index in [9.17, 15) is 0 Å². The fraction of sp³-hybridized carbons (Fsp3) is 0.667. The summed E-state index contributed by atoms with van der Waals surface area (Å²) in [7, 11) is 4.03. The highest BCUT2D eigenvalue weighted by Crippen LogP contribution is 1.91. The van der Waals surface area contributed by atoms with E-state index in [2.05, 4.69) is 15.2 Å². The van der Waals surface area contributed by atoms with Crippen molar-refractivity contribution >= 4 is 5.82 Å². The maximum atomic E-state index is 5.38. The Morgan fingerprint density at radius 1 is 1.64 bits per heavy atom. The molecule has 0 atom stereocenters. The number of rotatable bonds is 3. The fourth-order valence-corrected chi connectivity index (χ4v) is 0.725. The van der Waals surface area contributed by atoms with Gasteiger partial charge in [-0.3, -0.25) is 0 Å². The Balaban J connectivity index is 2.39. The lowest BCUT2D eigenvalue weighted by Gasteiger charge is -2.07. The summed E-state index contributed by atoms with van der Waals surface area (Å²) in [6.07, 6.45) is 1.73. The van der Waals surface area contributed by atoms with E-state index in [0.29, 0.717) is 5.82 Å². The van der Waals surface area contributed by atoms with E-state index < -0.39 is 0 Å². The van der Waals surface area contributed by atoms with E-state index in [0.717, 1.165) is 13.1 Å². The quantitative estimate of drug-likeness (QED) is 0.634. The third-order valence-electron chi connectivity index (χ3n) is 1.33. The summed E-state index contributed by atoms with van der Waals surface area (Å²) in [5, 5.41) is 7.47. The molecule has 0 aliphatic carbocycles. The number of anilines is 1. The molecule has 0 aliphatic rings. The van der Waals surface area contributed by atoms with E-state index >= 15 is 0 Å². The molecule has 0 unspecified atom stereocenters. The lowest BCUT2D eigenvalue weighted by atomic mass is 10.6. The molecule has 2 N–H and O–H groups in total. The van der Waals surface area contributed by atoms with Gasteiger partial charge in [0.1, 0.15) is 0 Å². The Bertz CT molecular complexity index is 217. The number of hydrogen-bond acceptors (Lipinski definition) is 4. The number of hydrogen-bond donors (Lipinski definition) is 1. The van der Waals surface area contributed by atoms with Gasteiger partial charge in [-0.15, -0.1) is 5.10 Å². The van der Waals surface area contributed by atoms with Crippen molar-refractivity contribution in [3.63, 3.8) is 0 Å². The van der Waals surface area contributed by atoms with Gasteiger partial charge in [-0.2, -0.15) is 0 Å². The van der Waals surface area contributed by atoms with Crippen molar-refractivity contribution in [1.82, 2.24) is 19.9 Å². The van der Waals surface area contributed by atoms with Gasteiger partial charge < -0.3 is 10.6 Å². The monoisotopic (exact) mass is 155 g/mol. The first-order valence-corrected chi connectivity index (χ1v) is 3.49. The van der Waals surface area contributed by atoms with Gasteiger partial charge in [-0.05, 0) is 14.1 Å². The third kappa shape index (κ3) is 2.55. The topological polar surface area (TPSA) is 60.0 Å². The molecule has 0 aliphatic heterocycles.